The molecule has 0 spiro atoms. The maximum atomic E-state index is 12.6. The summed E-state index contributed by atoms with van der Waals surface area (Å²) in [5, 5.41) is 0. The number of nitrogens with zero attached hydrogens (tertiary/aromatic N) is 2. The largest absolute Gasteiger partial charge is 0.339 e. The van der Waals surface area contributed by atoms with Crippen LogP contribution in [0, 0.1) is 0 Å². The first-order valence-corrected chi connectivity index (χ1v) is 8.81. The van der Waals surface area contributed by atoms with Crippen LogP contribution < -0.4 is 0 Å². The van der Waals surface area contributed by atoms with E-state index in [1.54, 1.807) is 0 Å². The number of benzene rings is 1. The van der Waals surface area contributed by atoms with Crippen LogP contribution in [-0.4, -0.2) is 47.9 Å². The molecule has 3 heteroatoms. The van der Waals surface area contributed by atoms with Crippen LogP contribution in [0.5, 0.6) is 0 Å². The summed E-state index contributed by atoms with van der Waals surface area (Å²) >= 11 is 0. The van der Waals surface area contributed by atoms with Gasteiger partial charge in [-0.25, -0.2) is 0 Å². The predicted octanol–water partition coefficient (Wildman–Crippen LogP) is 3.59. The molecule has 1 amide bonds. The second-order valence-corrected chi connectivity index (χ2v) is 6.20. The number of rotatable bonds is 6. The molecular formula is C19H30N2O. The van der Waals surface area contributed by atoms with E-state index in [1.807, 2.05) is 17.0 Å². The fraction of sp³-hybridized carbons (Fsp3) is 0.632. The minimum atomic E-state index is 0.194. The Morgan fingerprint density at radius 3 is 2.27 bits per heavy atom. The van der Waals surface area contributed by atoms with E-state index < -0.39 is 0 Å². The van der Waals surface area contributed by atoms with Crippen molar-refractivity contribution < 1.29 is 4.79 Å². The summed E-state index contributed by atoms with van der Waals surface area (Å²) in [6.07, 6.45) is 4.43. The van der Waals surface area contributed by atoms with Crippen LogP contribution in [0.4, 0.5) is 0 Å². The summed E-state index contributed by atoms with van der Waals surface area (Å²) in [4.78, 5) is 17.2. The van der Waals surface area contributed by atoms with E-state index in [1.165, 1.54) is 18.5 Å². The number of likely N-dealkylation sites (tertiary alicyclic amines) is 1. The van der Waals surface area contributed by atoms with E-state index in [4.69, 9.17) is 0 Å². The molecule has 0 unspecified atom stereocenters. The lowest BCUT2D eigenvalue weighted by atomic mass is 10.0. The Kier molecular flexibility index (Phi) is 6.44. The zero-order valence-corrected chi connectivity index (χ0v) is 14.3. The van der Waals surface area contributed by atoms with Gasteiger partial charge in [-0.15, -0.1) is 0 Å². The number of carbonyl (C=O) groups is 1. The number of carbonyl (C=O) groups excluding carboxylic acids is 1. The van der Waals surface area contributed by atoms with Gasteiger partial charge in [-0.3, -0.25) is 4.79 Å². The topological polar surface area (TPSA) is 23.6 Å². The molecule has 3 nitrogen and oxygen atoms in total. The summed E-state index contributed by atoms with van der Waals surface area (Å²) in [7, 11) is 0. The van der Waals surface area contributed by atoms with E-state index in [9.17, 15) is 4.79 Å². The lowest BCUT2D eigenvalue weighted by molar-refractivity contribution is 0.0625. The molecule has 0 bridgehead atoms. The van der Waals surface area contributed by atoms with Crippen molar-refractivity contribution >= 4 is 5.91 Å². The van der Waals surface area contributed by atoms with Crippen LogP contribution in [0.1, 0.15) is 56.0 Å². The fourth-order valence-electron chi connectivity index (χ4n) is 3.39. The molecule has 0 atom stereocenters. The molecule has 1 heterocycles. The average molecular weight is 302 g/mol. The van der Waals surface area contributed by atoms with Crippen LogP contribution >= 0.6 is 0 Å². The molecule has 0 N–H and O–H groups in total. The molecule has 1 saturated heterocycles. The molecule has 1 aromatic rings. The summed E-state index contributed by atoms with van der Waals surface area (Å²) < 4.78 is 0. The van der Waals surface area contributed by atoms with Gasteiger partial charge < -0.3 is 9.80 Å². The number of piperidine rings is 1. The minimum absolute atomic E-state index is 0.194. The Hall–Kier alpha value is -1.35. The van der Waals surface area contributed by atoms with Crippen molar-refractivity contribution in [3.05, 3.63) is 35.4 Å². The highest BCUT2D eigenvalue weighted by atomic mass is 16.2. The molecule has 2 rings (SSSR count). The summed E-state index contributed by atoms with van der Waals surface area (Å²) in [5.74, 6) is 0.194. The number of hydrogen-bond acceptors (Lipinski definition) is 2. The molecule has 0 aliphatic carbocycles. The second kappa shape index (κ2) is 8.33. The number of hydrogen-bond donors (Lipinski definition) is 0. The molecule has 0 radical (unpaired) electrons. The van der Waals surface area contributed by atoms with Gasteiger partial charge in [-0.2, -0.15) is 0 Å². The van der Waals surface area contributed by atoms with Gasteiger partial charge in [0.25, 0.3) is 5.91 Å². The lowest BCUT2D eigenvalue weighted by Gasteiger charge is -2.38. The molecule has 0 aromatic heterocycles. The van der Waals surface area contributed by atoms with Gasteiger partial charge in [0.2, 0.25) is 0 Å². The van der Waals surface area contributed by atoms with Crippen molar-refractivity contribution in [1.29, 1.82) is 0 Å². The molecule has 1 aliphatic heterocycles. The van der Waals surface area contributed by atoms with Gasteiger partial charge in [0.05, 0.1) is 0 Å². The maximum absolute atomic E-state index is 12.6. The van der Waals surface area contributed by atoms with Gasteiger partial charge in [0.1, 0.15) is 0 Å². The molecule has 1 aromatic carbocycles. The van der Waals surface area contributed by atoms with Crippen molar-refractivity contribution in [2.75, 3.05) is 26.2 Å². The number of amides is 1. The van der Waals surface area contributed by atoms with E-state index in [0.29, 0.717) is 6.04 Å². The Bertz CT molecular complexity index is 461. The highest BCUT2D eigenvalue weighted by Gasteiger charge is 2.26. The van der Waals surface area contributed by atoms with Crippen molar-refractivity contribution in [2.45, 2.75) is 52.5 Å². The first-order chi connectivity index (χ1) is 10.7. The van der Waals surface area contributed by atoms with Crippen LogP contribution in [0.3, 0.4) is 0 Å². The molecule has 1 fully saturated rings. The monoisotopic (exact) mass is 302 g/mol. The molecule has 0 saturated carbocycles. The third-order valence-electron chi connectivity index (χ3n) is 4.79. The predicted molar refractivity (Wildman–Crippen MR) is 92.3 cm³/mol. The smallest absolute Gasteiger partial charge is 0.253 e. The average Bonchev–Trinajstić information content (AvgIpc) is 2.59. The Labute approximate surface area is 135 Å². The van der Waals surface area contributed by atoms with Crippen molar-refractivity contribution in [1.82, 2.24) is 9.80 Å². The standard InChI is InChI=1S/C19H30N2O/c1-4-13-20(6-3)18-11-14-21(15-12-18)19(22)17-9-7-16(5-2)8-10-17/h7-10,18H,4-6,11-15H2,1-3H3. The van der Waals surface area contributed by atoms with Crippen molar-refractivity contribution in [2.24, 2.45) is 0 Å². The molecule has 22 heavy (non-hydrogen) atoms. The van der Waals surface area contributed by atoms with E-state index in [-0.39, 0.29) is 5.91 Å². The summed E-state index contributed by atoms with van der Waals surface area (Å²) in [6, 6.07) is 8.74. The maximum Gasteiger partial charge on any atom is 0.253 e. The highest BCUT2D eigenvalue weighted by molar-refractivity contribution is 5.94. The Balaban J connectivity index is 1.91. The molecule has 1 aliphatic rings. The number of aryl methyl sites for hydroxylation is 1. The van der Waals surface area contributed by atoms with Crippen molar-refractivity contribution in [3.63, 3.8) is 0 Å². The van der Waals surface area contributed by atoms with Gasteiger partial charge in [0, 0.05) is 24.7 Å². The van der Waals surface area contributed by atoms with Crippen LogP contribution in [0.25, 0.3) is 0 Å². The third kappa shape index (κ3) is 4.10. The lowest BCUT2D eigenvalue weighted by Crippen LogP contribution is -2.46. The fourth-order valence-corrected chi connectivity index (χ4v) is 3.39. The first kappa shape index (κ1) is 17.0. The normalized spacial score (nSPS) is 16.3. The Morgan fingerprint density at radius 2 is 1.77 bits per heavy atom. The van der Waals surface area contributed by atoms with Gasteiger partial charge in [-0.05, 0) is 56.5 Å². The SMILES string of the molecule is CCCN(CC)C1CCN(C(=O)c2ccc(CC)cc2)CC1. The van der Waals surface area contributed by atoms with Gasteiger partial charge >= 0.3 is 0 Å². The Morgan fingerprint density at radius 1 is 1.14 bits per heavy atom. The van der Waals surface area contributed by atoms with E-state index in [2.05, 4.69) is 37.8 Å². The zero-order chi connectivity index (χ0) is 15.9. The van der Waals surface area contributed by atoms with Crippen LogP contribution in [0.15, 0.2) is 24.3 Å². The van der Waals surface area contributed by atoms with Gasteiger partial charge in [-0.1, -0.05) is 32.9 Å². The minimum Gasteiger partial charge on any atom is -0.339 e. The quantitative estimate of drug-likeness (QED) is 0.802. The van der Waals surface area contributed by atoms with Crippen LogP contribution in [-0.2, 0) is 6.42 Å². The van der Waals surface area contributed by atoms with Crippen LogP contribution in [0.2, 0.25) is 0 Å². The second-order valence-electron chi connectivity index (χ2n) is 6.20. The van der Waals surface area contributed by atoms with E-state index in [0.717, 1.165) is 44.5 Å². The summed E-state index contributed by atoms with van der Waals surface area (Å²) in [6.45, 7) is 10.7. The van der Waals surface area contributed by atoms with Crippen molar-refractivity contribution in [3.8, 4) is 0 Å². The summed E-state index contributed by atoms with van der Waals surface area (Å²) in [5.41, 5.74) is 2.12. The molecular weight excluding hydrogens is 272 g/mol. The first-order valence-electron chi connectivity index (χ1n) is 8.81. The molecule has 122 valence electrons. The highest BCUT2D eigenvalue weighted by Crippen LogP contribution is 2.19. The third-order valence-corrected chi connectivity index (χ3v) is 4.79. The van der Waals surface area contributed by atoms with Gasteiger partial charge in [0.15, 0.2) is 0 Å². The zero-order valence-electron chi connectivity index (χ0n) is 14.3. The van der Waals surface area contributed by atoms with E-state index >= 15 is 0 Å².